The van der Waals surface area contributed by atoms with Crippen LogP contribution in [0.4, 0.5) is 0 Å². The summed E-state index contributed by atoms with van der Waals surface area (Å²) in [5.41, 5.74) is 1.20. The molecule has 1 atom stereocenters. The molecular formula is C17H22O4S. The van der Waals surface area contributed by atoms with Crippen LogP contribution in [-0.4, -0.2) is 31.4 Å². The highest BCUT2D eigenvalue weighted by molar-refractivity contribution is 8.00. The molecular weight excluding hydrogens is 300 g/mol. The van der Waals surface area contributed by atoms with E-state index < -0.39 is 0 Å². The van der Waals surface area contributed by atoms with E-state index in [9.17, 15) is 9.59 Å². The van der Waals surface area contributed by atoms with Gasteiger partial charge in [-0.2, -0.15) is 0 Å². The zero-order valence-electron chi connectivity index (χ0n) is 13.2. The largest absolute Gasteiger partial charge is 0.469 e. The van der Waals surface area contributed by atoms with Crippen molar-refractivity contribution in [2.75, 3.05) is 14.2 Å². The van der Waals surface area contributed by atoms with Gasteiger partial charge in [-0.15, -0.1) is 11.8 Å². The Hall–Kier alpha value is -1.75. The maximum Gasteiger partial charge on any atom is 0.330 e. The van der Waals surface area contributed by atoms with Crippen molar-refractivity contribution in [1.29, 1.82) is 0 Å². The first-order valence-electron chi connectivity index (χ1n) is 7.09. The topological polar surface area (TPSA) is 52.6 Å². The lowest BCUT2D eigenvalue weighted by molar-refractivity contribution is -0.140. The summed E-state index contributed by atoms with van der Waals surface area (Å²) in [4.78, 5) is 23.7. The normalized spacial score (nSPS) is 12.1. The number of allylic oxidation sites excluding steroid dienone is 1. The van der Waals surface area contributed by atoms with E-state index in [0.29, 0.717) is 12.8 Å². The Labute approximate surface area is 135 Å². The van der Waals surface area contributed by atoms with Gasteiger partial charge >= 0.3 is 11.9 Å². The smallest absolute Gasteiger partial charge is 0.330 e. The lowest BCUT2D eigenvalue weighted by Gasteiger charge is -2.14. The summed E-state index contributed by atoms with van der Waals surface area (Å²) >= 11 is 1.65. The maximum absolute atomic E-state index is 11.5. The summed E-state index contributed by atoms with van der Waals surface area (Å²) in [7, 11) is 2.74. The minimum absolute atomic E-state index is 0.109. The first kappa shape index (κ1) is 18.3. The van der Waals surface area contributed by atoms with Crippen LogP contribution in [0.5, 0.6) is 0 Å². The molecule has 22 heavy (non-hydrogen) atoms. The third kappa shape index (κ3) is 7.31. The molecule has 0 saturated carbocycles. The fourth-order valence-corrected chi connectivity index (χ4v) is 2.96. The van der Waals surface area contributed by atoms with Crippen LogP contribution in [-0.2, 0) is 19.1 Å². The van der Waals surface area contributed by atoms with E-state index in [2.05, 4.69) is 29.0 Å². The predicted octanol–water partition coefficient (Wildman–Crippen LogP) is 3.53. The Morgan fingerprint density at radius 2 is 1.86 bits per heavy atom. The number of esters is 2. The summed E-state index contributed by atoms with van der Waals surface area (Å²) < 4.78 is 9.30. The number of ether oxygens (including phenoxy) is 2. The van der Waals surface area contributed by atoms with Gasteiger partial charge in [0.25, 0.3) is 0 Å². The molecule has 0 spiro atoms. The van der Waals surface area contributed by atoms with Crippen molar-refractivity contribution in [2.45, 2.75) is 36.3 Å². The quantitative estimate of drug-likeness (QED) is 0.416. The molecule has 1 rings (SSSR count). The molecule has 0 heterocycles. The number of hydrogen-bond donors (Lipinski definition) is 0. The first-order chi connectivity index (χ1) is 10.5. The number of aryl methyl sites for hydroxylation is 1. The van der Waals surface area contributed by atoms with Crippen molar-refractivity contribution < 1.29 is 19.1 Å². The van der Waals surface area contributed by atoms with Crippen molar-refractivity contribution in [3.63, 3.8) is 0 Å². The second-order valence-corrected chi connectivity index (χ2v) is 6.21. The summed E-state index contributed by atoms with van der Waals surface area (Å²) in [5, 5.41) is 0.109. The number of benzene rings is 1. The highest BCUT2D eigenvalue weighted by atomic mass is 32.2. The van der Waals surface area contributed by atoms with Gasteiger partial charge < -0.3 is 9.47 Å². The minimum Gasteiger partial charge on any atom is -0.469 e. The van der Waals surface area contributed by atoms with Crippen LogP contribution in [0.2, 0.25) is 0 Å². The molecule has 0 amide bonds. The average Bonchev–Trinajstić information content (AvgIpc) is 2.53. The third-order valence-corrected chi connectivity index (χ3v) is 4.34. The van der Waals surface area contributed by atoms with Crippen molar-refractivity contribution in [2.24, 2.45) is 0 Å². The second-order valence-electron chi connectivity index (χ2n) is 4.84. The van der Waals surface area contributed by atoms with E-state index in [1.54, 1.807) is 17.8 Å². The predicted molar refractivity (Wildman–Crippen MR) is 87.8 cm³/mol. The van der Waals surface area contributed by atoms with Crippen LogP contribution >= 0.6 is 11.8 Å². The monoisotopic (exact) mass is 322 g/mol. The standard InChI is InChI=1S/C17H22O4S/c1-13-8-10-14(11-9-13)22-15(12-17(19)21-3)6-4-5-7-16(18)20-2/h5,7-11,15H,4,6,12H2,1-3H3/b7-5+. The Kier molecular flexibility index (Phi) is 8.36. The summed E-state index contributed by atoms with van der Waals surface area (Å²) in [6.07, 6.45) is 5.01. The fraction of sp³-hybridized carbons (Fsp3) is 0.412. The van der Waals surface area contributed by atoms with E-state index in [4.69, 9.17) is 4.74 Å². The van der Waals surface area contributed by atoms with Gasteiger partial charge in [-0.1, -0.05) is 23.8 Å². The lowest BCUT2D eigenvalue weighted by atomic mass is 10.2. The summed E-state index contributed by atoms with van der Waals surface area (Å²) in [5.74, 6) is -0.586. The zero-order chi connectivity index (χ0) is 16.4. The minimum atomic E-state index is -0.365. The van der Waals surface area contributed by atoms with Gasteiger partial charge in [-0.25, -0.2) is 4.79 Å². The molecule has 0 radical (unpaired) electrons. The van der Waals surface area contributed by atoms with Crippen molar-refractivity contribution in [1.82, 2.24) is 0 Å². The average molecular weight is 322 g/mol. The first-order valence-corrected chi connectivity index (χ1v) is 7.97. The Morgan fingerprint density at radius 1 is 1.18 bits per heavy atom. The van der Waals surface area contributed by atoms with Gasteiger partial charge in [0.1, 0.15) is 0 Å². The Morgan fingerprint density at radius 3 is 2.45 bits per heavy atom. The fourth-order valence-electron chi connectivity index (χ4n) is 1.81. The van der Waals surface area contributed by atoms with Crippen LogP contribution in [0.15, 0.2) is 41.3 Å². The van der Waals surface area contributed by atoms with Gasteiger partial charge in [0.2, 0.25) is 0 Å². The second kappa shape index (κ2) is 10.1. The summed E-state index contributed by atoms with van der Waals surface area (Å²) in [6, 6.07) is 8.20. The van der Waals surface area contributed by atoms with E-state index >= 15 is 0 Å². The van der Waals surface area contributed by atoms with Crippen LogP contribution in [0.3, 0.4) is 0 Å². The molecule has 0 N–H and O–H groups in total. The summed E-state index contributed by atoms with van der Waals surface area (Å²) in [6.45, 7) is 2.04. The zero-order valence-corrected chi connectivity index (χ0v) is 14.0. The van der Waals surface area contributed by atoms with Crippen molar-refractivity contribution in [3.8, 4) is 0 Å². The van der Waals surface area contributed by atoms with Crippen molar-refractivity contribution >= 4 is 23.7 Å². The van der Waals surface area contributed by atoms with E-state index in [1.165, 1.54) is 25.9 Å². The highest BCUT2D eigenvalue weighted by Gasteiger charge is 2.15. The van der Waals surface area contributed by atoms with Crippen LogP contribution in [0.25, 0.3) is 0 Å². The molecule has 1 unspecified atom stereocenters. The van der Waals surface area contributed by atoms with Gasteiger partial charge in [-0.05, 0) is 31.9 Å². The number of rotatable bonds is 8. The Bertz CT molecular complexity index is 508. The molecule has 0 aliphatic rings. The van der Waals surface area contributed by atoms with E-state index in [0.717, 1.165) is 11.3 Å². The molecule has 5 heteroatoms. The molecule has 0 saturated heterocycles. The third-order valence-electron chi connectivity index (χ3n) is 3.06. The van der Waals surface area contributed by atoms with Crippen LogP contribution in [0, 0.1) is 6.92 Å². The SMILES string of the molecule is COC(=O)/C=C/CCC(CC(=O)OC)Sc1ccc(C)cc1. The molecule has 0 aliphatic carbocycles. The number of thioether (sulfide) groups is 1. The van der Waals surface area contributed by atoms with Gasteiger partial charge in [0.05, 0.1) is 20.6 Å². The number of hydrogen-bond acceptors (Lipinski definition) is 5. The van der Waals surface area contributed by atoms with Gasteiger partial charge in [0, 0.05) is 16.2 Å². The Balaban J connectivity index is 2.59. The molecule has 0 bridgehead atoms. The molecule has 4 nitrogen and oxygen atoms in total. The van der Waals surface area contributed by atoms with Crippen LogP contribution in [0.1, 0.15) is 24.8 Å². The molecule has 0 aliphatic heterocycles. The maximum atomic E-state index is 11.5. The van der Waals surface area contributed by atoms with E-state index in [1.807, 2.05) is 6.92 Å². The lowest BCUT2D eigenvalue weighted by Crippen LogP contribution is -2.11. The van der Waals surface area contributed by atoms with Gasteiger partial charge in [-0.3, -0.25) is 4.79 Å². The highest BCUT2D eigenvalue weighted by Crippen LogP contribution is 2.29. The molecule has 0 aromatic heterocycles. The van der Waals surface area contributed by atoms with E-state index in [-0.39, 0.29) is 17.2 Å². The number of carbonyl (C=O) groups is 2. The van der Waals surface area contributed by atoms with Crippen molar-refractivity contribution in [3.05, 3.63) is 42.0 Å². The van der Waals surface area contributed by atoms with Gasteiger partial charge in [0.15, 0.2) is 0 Å². The molecule has 1 aromatic rings. The number of methoxy groups -OCH3 is 2. The number of carbonyl (C=O) groups excluding carboxylic acids is 2. The molecule has 1 aromatic carbocycles. The molecule has 120 valence electrons. The molecule has 0 fully saturated rings. The van der Waals surface area contributed by atoms with Crippen LogP contribution < -0.4 is 0 Å².